The fourth-order valence-electron chi connectivity index (χ4n) is 1.77. The summed E-state index contributed by atoms with van der Waals surface area (Å²) in [6.45, 7) is 6.94. The summed E-state index contributed by atoms with van der Waals surface area (Å²) >= 11 is 0. The average molecular weight is 188 g/mol. The highest BCUT2D eigenvalue weighted by Crippen LogP contribution is 2.28. The van der Waals surface area contributed by atoms with Crippen LogP contribution in [0, 0.1) is 0 Å². The quantitative estimate of drug-likeness (QED) is 0.636. The Kier molecular flexibility index (Phi) is 3.80. The molecule has 0 spiro atoms. The SMILES string of the molecule is Bc1ccc(C(C)(C)CCCC)cc1. The predicted molar refractivity (Wildman–Crippen MR) is 67.2 cm³/mol. The van der Waals surface area contributed by atoms with Gasteiger partial charge in [-0.15, -0.1) is 0 Å². The van der Waals surface area contributed by atoms with Gasteiger partial charge in [0.25, 0.3) is 0 Å². The van der Waals surface area contributed by atoms with Crippen molar-refractivity contribution in [3.05, 3.63) is 29.8 Å². The van der Waals surface area contributed by atoms with Crippen molar-refractivity contribution in [2.45, 2.75) is 45.4 Å². The van der Waals surface area contributed by atoms with Crippen LogP contribution < -0.4 is 5.46 Å². The third-order valence-electron chi connectivity index (χ3n) is 2.99. The van der Waals surface area contributed by atoms with E-state index in [-0.39, 0.29) is 0 Å². The summed E-state index contributed by atoms with van der Waals surface area (Å²) in [5.74, 6) is 0. The van der Waals surface area contributed by atoms with Crippen LogP contribution in [-0.4, -0.2) is 7.85 Å². The van der Waals surface area contributed by atoms with Gasteiger partial charge in [-0.3, -0.25) is 0 Å². The zero-order valence-corrected chi connectivity index (χ0v) is 9.93. The summed E-state index contributed by atoms with van der Waals surface area (Å²) in [6.07, 6.45) is 3.89. The second-order valence-electron chi connectivity index (χ2n) is 4.85. The molecule has 1 heteroatoms. The first-order valence-electron chi connectivity index (χ1n) is 5.63. The molecule has 0 N–H and O–H groups in total. The van der Waals surface area contributed by atoms with Crippen LogP contribution >= 0.6 is 0 Å². The molecule has 0 fully saturated rings. The molecular weight excluding hydrogens is 167 g/mol. The molecular formula is C13H21B. The lowest BCUT2D eigenvalue weighted by Gasteiger charge is -2.25. The van der Waals surface area contributed by atoms with Crippen LogP contribution in [0.4, 0.5) is 0 Å². The van der Waals surface area contributed by atoms with Gasteiger partial charge in [0.1, 0.15) is 7.85 Å². The molecule has 0 saturated heterocycles. The molecule has 0 unspecified atom stereocenters. The van der Waals surface area contributed by atoms with Crippen molar-refractivity contribution in [3.63, 3.8) is 0 Å². The molecule has 0 aliphatic carbocycles. The maximum absolute atomic E-state index is 2.34. The first-order valence-corrected chi connectivity index (χ1v) is 5.63. The Bertz CT molecular complexity index is 272. The minimum absolute atomic E-state index is 0.337. The summed E-state index contributed by atoms with van der Waals surface area (Å²) < 4.78 is 0. The van der Waals surface area contributed by atoms with Crippen LogP contribution in [0.15, 0.2) is 24.3 Å². The van der Waals surface area contributed by atoms with E-state index in [2.05, 4.69) is 52.9 Å². The van der Waals surface area contributed by atoms with Crippen LogP contribution in [0.2, 0.25) is 0 Å². The van der Waals surface area contributed by atoms with Gasteiger partial charge in [-0.25, -0.2) is 0 Å². The van der Waals surface area contributed by atoms with Crippen molar-refractivity contribution in [2.24, 2.45) is 0 Å². The molecule has 0 nitrogen and oxygen atoms in total. The average Bonchev–Trinajstić information content (AvgIpc) is 2.16. The van der Waals surface area contributed by atoms with Crippen LogP contribution in [0.25, 0.3) is 0 Å². The fraction of sp³-hybridized carbons (Fsp3) is 0.538. The van der Waals surface area contributed by atoms with E-state index in [0.717, 1.165) is 0 Å². The predicted octanol–water partition coefficient (Wildman–Crippen LogP) is 2.41. The smallest absolute Gasteiger partial charge is 0.0889 e. The van der Waals surface area contributed by atoms with E-state index in [4.69, 9.17) is 0 Å². The summed E-state index contributed by atoms with van der Waals surface area (Å²) in [5, 5.41) is 0. The molecule has 76 valence electrons. The normalized spacial score (nSPS) is 11.6. The van der Waals surface area contributed by atoms with Crippen molar-refractivity contribution in [3.8, 4) is 0 Å². The molecule has 1 rings (SSSR count). The van der Waals surface area contributed by atoms with Gasteiger partial charge in [0.2, 0.25) is 0 Å². The highest BCUT2D eigenvalue weighted by atomic mass is 14.2. The molecule has 0 aliphatic heterocycles. The Hall–Kier alpha value is -0.715. The van der Waals surface area contributed by atoms with Crippen molar-refractivity contribution in [1.82, 2.24) is 0 Å². The Morgan fingerprint density at radius 2 is 1.71 bits per heavy atom. The first kappa shape index (κ1) is 11.4. The summed E-state index contributed by atoms with van der Waals surface area (Å²) in [5.41, 5.74) is 3.15. The summed E-state index contributed by atoms with van der Waals surface area (Å²) in [6, 6.07) is 8.96. The zero-order chi connectivity index (χ0) is 10.6. The third-order valence-corrected chi connectivity index (χ3v) is 2.99. The van der Waals surface area contributed by atoms with Gasteiger partial charge in [-0.05, 0) is 17.4 Å². The summed E-state index contributed by atoms with van der Waals surface area (Å²) in [4.78, 5) is 0. The molecule has 0 aromatic heterocycles. The minimum atomic E-state index is 0.337. The maximum atomic E-state index is 2.34. The van der Waals surface area contributed by atoms with Crippen LogP contribution in [0.1, 0.15) is 45.6 Å². The first-order chi connectivity index (χ1) is 6.56. The molecule has 0 bridgehead atoms. The lowest BCUT2D eigenvalue weighted by molar-refractivity contribution is 0.458. The second kappa shape index (κ2) is 4.68. The zero-order valence-electron chi connectivity index (χ0n) is 9.93. The van der Waals surface area contributed by atoms with E-state index in [1.807, 2.05) is 0 Å². The molecule has 0 atom stereocenters. The van der Waals surface area contributed by atoms with E-state index in [0.29, 0.717) is 5.41 Å². The number of benzene rings is 1. The Labute approximate surface area is 89.1 Å². The van der Waals surface area contributed by atoms with Crippen molar-refractivity contribution in [1.29, 1.82) is 0 Å². The highest BCUT2D eigenvalue weighted by molar-refractivity contribution is 6.32. The van der Waals surface area contributed by atoms with Crippen LogP contribution in [0.3, 0.4) is 0 Å². The van der Waals surface area contributed by atoms with E-state index in [9.17, 15) is 0 Å². The lowest BCUT2D eigenvalue weighted by Crippen LogP contribution is -2.17. The summed E-state index contributed by atoms with van der Waals surface area (Å²) in [7, 11) is 2.14. The molecule has 0 saturated carbocycles. The molecule has 14 heavy (non-hydrogen) atoms. The van der Waals surface area contributed by atoms with Gasteiger partial charge in [0, 0.05) is 0 Å². The molecule has 1 aromatic carbocycles. The highest BCUT2D eigenvalue weighted by Gasteiger charge is 2.18. The molecule has 0 aliphatic rings. The largest absolute Gasteiger partial charge is 0.139 e. The Morgan fingerprint density at radius 3 is 2.21 bits per heavy atom. The number of hydrogen-bond donors (Lipinski definition) is 0. The molecule has 0 radical (unpaired) electrons. The molecule has 0 amide bonds. The second-order valence-corrected chi connectivity index (χ2v) is 4.85. The van der Waals surface area contributed by atoms with Crippen molar-refractivity contribution >= 4 is 13.3 Å². The van der Waals surface area contributed by atoms with Gasteiger partial charge in [0.05, 0.1) is 0 Å². The van der Waals surface area contributed by atoms with Gasteiger partial charge in [0.15, 0.2) is 0 Å². The standard InChI is InChI=1S/C13H21B/c1-4-5-10-13(2,3)11-6-8-12(14)9-7-11/h6-9H,4-5,10,14H2,1-3H3. The molecule has 0 heterocycles. The number of rotatable bonds is 4. The number of hydrogen-bond acceptors (Lipinski definition) is 0. The monoisotopic (exact) mass is 188 g/mol. The Balaban J connectivity index is 2.75. The van der Waals surface area contributed by atoms with E-state index >= 15 is 0 Å². The Morgan fingerprint density at radius 1 is 1.14 bits per heavy atom. The lowest BCUT2D eigenvalue weighted by atomic mass is 9.79. The van der Waals surface area contributed by atoms with E-state index < -0.39 is 0 Å². The van der Waals surface area contributed by atoms with Gasteiger partial charge in [-0.2, -0.15) is 0 Å². The van der Waals surface area contributed by atoms with Crippen LogP contribution in [0.5, 0.6) is 0 Å². The topological polar surface area (TPSA) is 0 Å². The van der Waals surface area contributed by atoms with Gasteiger partial charge >= 0.3 is 0 Å². The van der Waals surface area contributed by atoms with Crippen molar-refractivity contribution in [2.75, 3.05) is 0 Å². The van der Waals surface area contributed by atoms with E-state index in [1.165, 1.54) is 30.3 Å². The third kappa shape index (κ3) is 2.90. The van der Waals surface area contributed by atoms with Gasteiger partial charge in [-0.1, -0.05) is 63.3 Å². The fourth-order valence-corrected chi connectivity index (χ4v) is 1.77. The molecule has 1 aromatic rings. The van der Waals surface area contributed by atoms with Gasteiger partial charge < -0.3 is 0 Å². The maximum Gasteiger partial charge on any atom is 0.139 e. The van der Waals surface area contributed by atoms with Crippen molar-refractivity contribution < 1.29 is 0 Å². The van der Waals surface area contributed by atoms with Crippen LogP contribution in [-0.2, 0) is 5.41 Å². The van der Waals surface area contributed by atoms with E-state index in [1.54, 1.807) is 0 Å². The number of unbranched alkanes of at least 4 members (excludes halogenated alkanes) is 1. The minimum Gasteiger partial charge on any atom is -0.0889 e.